The van der Waals surface area contributed by atoms with E-state index in [1.165, 1.54) is 25.3 Å². The maximum atomic E-state index is 11.8. The second-order valence-corrected chi connectivity index (χ2v) is 4.71. The first-order valence-electron chi connectivity index (χ1n) is 5.55. The summed E-state index contributed by atoms with van der Waals surface area (Å²) in [6, 6.07) is 5.89. The number of non-ortho nitro benzene ring substituents is 1. The van der Waals surface area contributed by atoms with Gasteiger partial charge in [0.25, 0.3) is 11.2 Å². The second-order valence-electron chi connectivity index (χ2n) is 3.92. The number of hydrogen-bond acceptors (Lipinski definition) is 5. The molecule has 2 rings (SSSR count). The quantitative estimate of drug-likeness (QED) is 0.680. The van der Waals surface area contributed by atoms with Crippen molar-refractivity contribution in [2.45, 2.75) is 6.61 Å². The van der Waals surface area contributed by atoms with Gasteiger partial charge in [-0.25, -0.2) is 4.98 Å². The zero-order chi connectivity index (χ0) is 14.7. The standard InChI is InChI=1S/C12H10BrN3O4/c1-20-6-9-10(13)12(17)15-11(14-9)7-3-2-4-8(5-7)16(18)19/h2-5H,6H2,1H3,(H,14,15,17). The molecule has 0 aliphatic heterocycles. The van der Waals surface area contributed by atoms with Crippen LogP contribution in [0.15, 0.2) is 33.5 Å². The van der Waals surface area contributed by atoms with E-state index < -0.39 is 4.92 Å². The molecular weight excluding hydrogens is 330 g/mol. The predicted octanol–water partition coefficient (Wildman–Crippen LogP) is 2.25. The molecule has 0 aliphatic carbocycles. The van der Waals surface area contributed by atoms with Crippen molar-refractivity contribution in [3.05, 3.63) is 54.9 Å². The van der Waals surface area contributed by atoms with Crippen LogP contribution in [0.4, 0.5) is 5.69 Å². The van der Waals surface area contributed by atoms with Gasteiger partial charge in [0, 0.05) is 24.8 Å². The van der Waals surface area contributed by atoms with E-state index in [1.807, 2.05) is 0 Å². The summed E-state index contributed by atoms with van der Waals surface area (Å²) in [5.41, 5.74) is 0.453. The van der Waals surface area contributed by atoms with Crippen molar-refractivity contribution >= 4 is 21.6 Å². The molecule has 104 valence electrons. The van der Waals surface area contributed by atoms with Crippen molar-refractivity contribution < 1.29 is 9.66 Å². The summed E-state index contributed by atoms with van der Waals surface area (Å²) in [4.78, 5) is 28.9. The molecule has 0 bridgehead atoms. The molecule has 1 N–H and O–H groups in total. The highest BCUT2D eigenvalue weighted by molar-refractivity contribution is 9.10. The third-order valence-corrected chi connectivity index (χ3v) is 3.36. The van der Waals surface area contributed by atoms with Gasteiger partial charge in [0.1, 0.15) is 10.3 Å². The van der Waals surface area contributed by atoms with Gasteiger partial charge in [-0.05, 0) is 15.9 Å². The van der Waals surface area contributed by atoms with Gasteiger partial charge in [-0.2, -0.15) is 0 Å². The van der Waals surface area contributed by atoms with E-state index in [0.717, 1.165) is 0 Å². The molecule has 0 unspecified atom stereocenters. The smallest absolute Gasteiger partial charge is 0.270 e. The Balaban J connectivity index is 2.55. The Hall–Kier alpha value is -2.06. The van der Waals surface area contributed by atoms with Gasteiger partial charge in [0.05, 0.1) is 17.2 Å². The van der Waals surface area contributed by atoms with Crippen molar-refractivity contribution in [3.63, 3.8) is 0 Å². The van der Waals surface area contributed by atoms with E-state index in [-0.39, 0.29) is 28.2 Å². The van der Waals surface area contributed by atoms with E-state index >= 15 is 0 Å². The van der Waals surface area contributed by atoms with E-state index in [0.29, 0.717) is 11.3 Å². The van der Waals surface area contributed by atoms with Gasteiger partial charge in [-0.1, -0.05) is 12.1 Å². The third kappa shape index (κ3) is 2.91. The monoisotopic (exact) mass is 339 g/mol. The number of aromatic nitrogens is 2. The molecule has 0 aliphatic rings. The lowest BCUT2D eigenvalue weighted by atomic mass is 10.2. The summed E-state index contributed by atoms with van der Waals surface area (Å²) in [5, 5.41) is 10.8. The summed E-state index contributed by atoms with van der Waals surface area (Å²) < 4.78 is 5.25. The summed E-state index contributed by atoms with van der Waals surface area (Å²) in [5.74, 6) is 0.258. The molecule has 20 heavy (non-hydrogen) atoms. The Kier molecular flexibility index (Phi) is 4.26. The fourth-order valence-corrected chi connectivity index (χ4v) is 1.94. The summed E-state index contributed by atoms with van der Waals surface area (Å²) in [6.45, 7) is 0.159. The molecule has 8 heteroatoms. The molecule has 0 atom stereocenters. The number of H-pyrrole nitrogens is 1. The van der Waals surface area contributed by atoms with Crippen molar-refractivity contribution in [2.24, 2.45) is 0 Å². The van der Waals surface area contributed by atoms with Crippen molar-refractivity contribution in [2.75, 3.05) is 7.11 Å². The lowest BCUT2D eigenvalue weighted by molar-refractivity contribution is -0.384. The fraction of sp³-hybridized carbons (Fsp3) is 0.167. The van der Waals surface area contributed by atoms with Crippen LogP contribution in [0.2, 0.25) is 0 Å². The highest BCUT2D eigenvalue weighted by Gasteiger charge is 2.12. The van der Waals surface area contributed by atoms with E-state index in [4.69, 9.17) is 4.74 Å². The molecule has 0 amide bonds. The van der Waals surface area contributed by atoms with E-state index in [9.17, 15) is 14.9 Å². The van der Waals surface area contributed by atoms with E-state index in [2.05, 4.69) is 25.9 Å². The van der Waals surface area contributed by atoms with Crippen LogP contribution in [0.3, 0.4) is 0 Å². The number of halogens is 1. The number of methoxy groups -OCH3 is 1. The molecule has 0 radical (unpaired) electrons. The van der Waals surface area contributed by atoms with Crippen molar-refractivity contribution in [1.29, 1.82) is 0 Å². The Bertz CT molecular complexity index is 714. The molecule has 0 saturated heterocycles. The van der Waals surface area contributed by atoms with Gasteiger partial charge in [0.15, 0.2) is 0 Å². The Morgan fingerprint density at radius 2 is 2.25 bits per heavy atom. The molecule has 1 heterocycles. The minimum atomic E-state index is -0.503. The number of ether oxygens (including phenoxy) is 1. The average Bonchev–Trinajstić information content (AvgIpc) is 2.44. The lowest BCUT2D eigenvalue weighted by Gasteiger charge is -2.06. The van der Waals surface area contributed by atoms with Gasteiger partial charge in [0.2, 0.25) is 0 Å². The first kappa shape index (κ1) is 14.4. The third-order valence-electron chi connectivity index (χ3n) is 2.54. The van der Waals surface area contributed by atoms with E-state index in [1.54, 1.807) is 6.07 Å². The molecule has 2 aromatic rings. The number of nitro benzene ring substituents is 1. The number of benzene rings is 1. The fourth-order valence-electron chi connectivity index (χ4n) is 1.64. The first-order chi connectivity index (χ1) is 9.52. The zero-order valence-corrected chi connectivity index (χ0v) is 12.0. The Labute approximate surface area is 121 Å². The van der Waals surface area contributed by atoms with Gasteiger partial charge < -0.3 is 9.72 Å². The van der Waals surface area contributed by atoms with Crippen LogP contribution in [0.25, 0.3) is 11.4 Å². The SMILES string of the molecule is COCc1nc(-c2cccc([N+](=O)[O-])c2)[nH]c(=O)c1Br. The number of nitrogens with one attached hydrogen (secondary N) is 1. The number of hydrogen-bond donors (Lipinski definition) is 1. The molecule has 1 aromatic heterocycles. The van der Waals surface area contributed by atoms with Crippen LogP contribution in [-0.2, 0) is 11.3 Å². The largest absolute Gasteiger partial charge is 0.378 e. The molecule has 1 aromatic carbocycles. The maximum Gasteiger partial charge on any atom is 0.270 e. The number of nitrogens with zero attached hydrogens (tertiary/aromatic N) is 2. The van der Waals surface area contributed by atoms with Crippen LogP contribution in [0.1, 0.15) is 5.69 Å². The first-order valence-corrected chi connectivity index (χ1v) is 6.34. The minimum Gasteiger partial charge on any atom is -0.378 e. The summed E-state index contributed by atoms with van der Waals surface area (Å²) >= 11 is 3.13. The normalized spacial score (nSPS) is 10.5. The van der Waals surface area contributed by atoms with Crippen LogP contribution in [-0.4, -0.2) is 22.0 Å². The summed E-state index contributed by atoms with van der Waals surface area (Å²) in [7, 11) is 1.49. The Morgan fingerprint density at radius 3 is 2.90 bits per heavy atom. The molecular formula is C12H10BrN3O4. The topological polar surface area (TPSA) is 98.1 Å². The lowest BCUT2D eigenvalue weighted by Crippen LogP contribution is -2.14. The number of aromatic amines is 1. The highest BCUT2D eigenvalue weighted by Crippen LogP contribution is 2.21. The molecule has 0 spiro atoms. The highest BCUT2D eigenvalue weighted by atomic mass is 79.9. The molecule has 7 nitrogen and oxygen atoms in total. The van der Waals surface area contributed by atoms with Gasteiger partial charge in [-0.15, -0.1) is 0 Å². The van der Waals surface area contributed by atoms with Gasteiger partial charge >= 0.3 is 0 Å². The maximum absolute atomic E-state index is 11.8. The van der Waals surface area contributed by atoms with Crippen molar-refractivity contribution in [1.82, 2.24) is 9.97 Å². The summed E-state index contributed by atoms with van der Waals surface area (Å²) in [6.07, 6.45) is 0. The van der Waals surface area contributed by atoms with Gasteiger partial charge in [-0.3, -0.25) is 14.9 Å². The molecule has 0 fully saturated rings. The number of nitro groups is 1. The van der Waals surface area contributed by atoms with Crippen molar-refractivity contribution in [3.8, 4) is 11.4 Å². The minimum absolute atomic E-state index is 0.0682. The number of rotatable bonds is 4. The molecule has 0 saturated carbocycles. The van der Waals surface area contributed by atoms with Crippen LogP contribution < -0.4 is 5.56 Å². The zero-order valence-electron chi connectivity index (χ0n) is 10.4. The van der Waals surface area contributed by atoms with Crippen LogP contribution >= 0.6 is 15.9 Å². The predicted molar refractivity (Wildman–Crippen MR) is 75.4 cm³/mol. The van der Waals surface area contributed by atoms with Crippen LogP contribution in [0.5, 0.6) is 0 Å². The second kappa shape index (κ2) is 5.93. The Morgan fingerprint density at radius 1 is 1.50 bits per heavy atom. The van der Waals surface area contributed by atoms with Crippen LogP contribution in [0, 0.1) is 10.1 Å². The average molecular weight is 340 g/mol.